The minimum absolute atomic E-state index is 0.326. The Hall–Kier alpha value is -2.13. The van der Waals surface area contributed by atoms with Gasteiger partial charge in [0.2, 0.25) is 0 Å². The maximum atomic E-state index is 10.1. The molecule has 1 aliphatic rings. The lowest BCUT2D eigenvalue weighted by atomic mass is 9.84. The lowest BCUT2D eigenvalue weighted by Crippen LogP contribution is -2.20. The highest BCUT2D eigenvalue weighted by molar-refractivity contribution is 5.78. The van der Waals surface area contributed by atoms with Gasteiger partial charge in [-0.15, -0.1) is 0 Å². The number of rotatable bonds is 4. The number of fused-ring (bicyclic) bond motifs is 1. The number of imidazole rings is 1. The van der Waals surface area contributed by atoms with Crippen LogP contribution in [0.15, 0.2) is 12.3 Å². The Morgan fingerprint density at radius 1 is 1.43 bits per heavy atom. The number of aliphatic hydroxyl groups excluding tert-OH is 1. The van der Waals surface area contributed by atoms with Crippen molar-refractivity contribution >= 4 is 16.9 Å². The molecule has 0 aromatic carbocycles. The van der Waals surface area contributed by atoms with Crippen molar-refractivity contribution in [2.45, 2.75) is 51.2 Å². The van der Waals surface area contributed by atoms with Gasteiger partial charge in [-0.3, -0.25) is 0 Å². The Morgan fingerprint density at radius 3 is 2.78 bits per heavy atom. The van der Waals surface area contributed by atoms with Crippen LogP contribution in [0.4, 0.5) is 5.82 Å². The van der Waals surface area contributed by atoms with Crippen LogP contribution in [-0.2, 0) is 0 Å². The monoisotopic (exact) mass is 313 g/mol. The van der Waals surface area contributed by atoms with Crippen molar-refractivity contribution in [2.75, 3.05) is 12.4 Å². The first kappa shape index (κ1) is 15.8. The summed E-state index contributed by atoms with van der Waals surface area (Å²) in [7, 11) is 1.84. The SMILES string of the molecule is CNc1cc2c(cn1)nc([C@@H](C)O)n2C1CCC(CC#N)CC1. The summed E-state index contributed by atoms with van der Waals surface area (Å²) in [6.45, 7) is 1.76. The minimum atomic E-state index is -0.614. The van der Waals surface area contributed by atoms with Crippen LogP contribution in [0.2, 0.25) is 0 Å². The molecule has 3 rings (SSSR count). The maximum absolute atomic E-state index is 10.1. The van der Waals surface area contributed by atoms with E-state index in [2.05, 4.69) is 25.9 Å². The second-order valence-corrected chi connectivity index (χ2v) is 6.36. The van der Waals surface area contributed by atoms with E-state index in [1.54, 1.807) is 13.1 Å². The summed E-state index contributed by atoms with van der Waals surface area (Å²) < 4.78 is 2.19. The van der Waals surface area contributed by atoms with Gasteiger partial charge in [-0.25, -0.2) is 9.97 Å². The molecule has 0 aliphatic heterocycles. The van der Waals surface area contributed by atoms with Crippen LogP contribution in [0.1, 0.15) is 57.0 Å². The number of nitrogens with one attached hydrogen (secondary N) is 1. The minimum Gasteiger partial charge on any atom is -0.385 e. The first-order chi connectivity index (χ1) is 11.1. The molecule has 0 saturated heterocycles. The molecule has 2 aromatic rings. The molecule has 1 aliphatic carbocycles. The molecular weight excluding hydrogens is 290 g/mol. The molecule has 0 unspecified atom stereocenters. The highest BCUT2D eigenvalue weighted by atomic mass is 16.3. The lowest BCUT2D eigenvalue weighted by molar-refractivity contribution is 0.175. The second-order valence-electron chi connectivity index (χ2n) is 6.36. The zero-order valence-corrected chi connectivity index (χ0v) is 13.7. The Morgan fingerprint density at radius 2 is 2.17 bits per heavy atom. The standard InChI is InChI=1S/C17H23N5O/c1-11(23)17-21-14-10-20-16(19-2)9-15(14)22(17)13-5-3-12(4-6-13)7-8-18/h9-13,23H,3-7H2,1-2H3,(H,19,20)/t11-,12?,13?/m1/s1. The van der Waals surface area contributed by atoms with Crippen molar-refractivity contribution in [3.63, 3.8) is 0 Å². The molecule has 122 valence electrons. The van der Waals surface area contributed by atoms with Crippen LogP contribution in [0.3, 0.4) is 0 Å². The van der Waals surface area contributed by atoms with E-state index in [0.29, 0.717) is 24.2 Å². The van der Waals surface area contributed by atoms with E-state index in [9.17, 15) is 5.11 Å². The zero-order valence-electron chi connectivity index (χ0n) is 13.7. The number of hydrogen-bond donors (Lipinski definition) is 2. The van der Waals surface area contributed by atoms with E-state index >= 15 is 0 Å². The molecule has 1 saturated carbocycles. The van der Waals surface area contributed by atoms with Crippen molar-refractivity contribution in [3.05, 3.63) is 18.1 Å². The van der Waals surface area contributed by atoms with Gasteiger partial charge in [0.25, 0.3) is 0 Å². The molecule has 0 radical (unpaired) electrons. The average molecular weight is 313 g/mol. The van der Waals surface area contributed by atoms with E-state index in [1.807, 2.05) is 13.1 Å². The molecule has 6 nitrogen and oxygen atoms in total. The van der Waals surface area contributed by atoms with Crippen molar-refractivity contribution in [3.8, 4) is 6.07 Å². The average Bonchev–Trinajstić information content (AvgIpc) is 2.94. The summed E-state index contributed by atoms with van der Waals surface area (Å²) in [5.74, 6) is 2.02. The first-order valence-corrected chi connectivity index (χ1v) is 8.24. The maximum Gasteiger partial charge on any atom is 0.138 e. The smallest absolute Gasteiger partial charge is 0.138 e. The van der Waals surface area contributed by atoms with Gasteiger partial charge in [-0.2, -0.15) is 5.26 Å². The topological polar surface area (TPSA) is 86.8 Å². The van der Waals surface area contributed by atoms with Crippen molar-refractivity contribution in [2.24, 2.45) is 5.92 Å². The highest BCUT2D eigenvalue weighted by Gasteiger charge is 2.27. The molecule has 23 heavy (non-hydrogen) atoms. The summed E-state index contributed by atoms with van der Waals surface area (Å²) in [6, 6.07) is 4.61. The molecule has 1 fully saturated rings. The lowest BCUT2D eigenvalue weighted by Gasteiger charge is -2.30. The van der Waals surface area contributed by atoms with Crippen LogP contribution < -0.4 is 5.32 Å². The number of hydrogen-bond acceptors (Lipinski definition) is 5. The Labute approximate surface area is 136 Å². The van der Waals surface area contributed by atoms with Gasteiger partial charge in [0, 0.05) is 25.6 Å². The van der Waals surface area contributed by atoms with Gasteiger partial charge in [-0.05, 0) is 38.5 Å². The van der Waals surface area contributed by atoms with Gasteiger partial charge in [0.1, 0.15) is 23.3 Å². The largest absolute Gasteiger partial charge is 0.385 e. The molecular formula is C17H23N5O. The third-order valence-corrected chi connectivity index (χ3v) is 4.79. The van der Waals surface area contributed by atoms with Crippen molar-refractivity contribution in [1.29, 1.82) is 5.26 Å². The summed E-state index contributed by atoms with van der Waals surface area (Å²) in [6.07, 6.45) is 5.95. The molecule has 2 N–H and O–H groups in total. The zero-order chi connectivity index (χ0) is 16.4. The molecule has 6 heteroatoms. The molecule has 0 amide bonds. The normalized spacial score (nSPS) is 22.7. The van der Waals surface area contributed by atoms with Crippen molar-refractivity contribution in [1.82, 2.24) is 14.5 Å². The fraction of sp³-hybridized carbons (Fsp3) is 0.588. The molecule has 1 atom stereocenters. The van der Waals surface area contributed by atoms with E-state index in [0.717, 1.165) is 42.5 Å². The fourth-order valence-corrected chi connectivity index (χ4v) is 3.57. The predicted octanol–water partition coefficient (Wildman–Crippen LogP) is 3.17. The van der Waals surface area contributed by atoms with Gasteiger partial charge in [0.05, 0.1) is 17.8 Å². The van der Waals surface area contributed by atoms with Crippen LogP contribution in [0, 0.1) is 17.2 Å². The number of anilines is 1. The van der Waals surface area contributed by atoms with E-state index in [1.165, 1.54) is 0 Å². The Balaban J connectivity index is 1.98. The molecule has 2 heterocycles. The number of nitriles is 1. The fourth-order valence-electron chi connectivity index (χ4n) is 3.57. The number of aliphatic hydroxyl groups is 1. The molecule has 0 bridgehead atoms. The van der Waals surface area contributed by atoms with Gasteiger partial charge in [0.15, 0.2) is 0 Å². The molecule has 0 spiro atoms. The van der Waals surface area contributed by atoms with Gasteiger partial charge < -0.3 is 15.0 Å². The van der Waals surface area contributed by atoms with Gasteiger partial charge >= 0.3 is 0 Å². The first-order valence-electron chi connectivity index (χ1n) is 8.24. The van der Waals surface area contributed by atoms with Crippen LogP contribution >= 0.6 is 0 Å². The summed E-state index contributed by atoms with van der Waals surface area (Å²) in [5.41, 5.74) is 1.84. The van der Waals surface area contributed by atoms with Crippen LogP contribution in [0.25, 0.3) is 11.0 Å². The van der Waals surface area contributed by atoms with E-state index in [-0.39, 0.29) is 0 Å². The summed E-state index contributed by atoms with van der Waals surface area (Å²) >= 11 is 0. The highest BCUT2D eigenvalue weighted by Crippen LogP contribution is 2.37. The van der Waals surface area contributed by atoms with E-state index in [4.69, 9.17) is 5.26 Å². The number of nitrogens with zero attached hydrogens (tertiary/aromatic N) is 4. The third-order valence-electron chi connectivity index (χ3n) is 4.79. The predicted molar refractivity (Wildman–Crippen MR) is 88.9 cm³/mol. The summed E-state index contributed by atoms with van der Waals surface area (Å²) in [5, 5.41) is 22.1. The van der Waals surface area contributed by atoms with Gasteiger partial charge in [-0.1, -0.05) is 0 Å². The van der Waals surface area contributed by atoms with E-state index < -0.39 is 6.10 Å². The van der Waals surface area contributed by atoms with Crippen LogP contribution in [0.5, 0.6) is 0 Å². The number of aromatic nitrogens is 3. The molecule has 2 aromatic heterocycles. The Kier molecular flexibility index (Phi) is 4.49. The number of pyridine rings is 1. The third kappa shape index (κ3) is 3.02. The van der Waals surface area contributed by atoms with Crippen molar-refractivity contribution < 1.29 is 5.11 Å². The second kappa shape index (κ2) is 6.55. The Bertz CT molecular complexity index is 722. The quantitative estimate of drug-likeness (QED) is 0.905. The van der Waals surface area contributed by atoms with Crippen LogP contribution in [-0.4, -0.2) is 26.7 Å². The summed E-state index contributed by atoms with van der Waals surface area (Å²) in [4.78, 5) is 8.90.